The quantitative estimate of drug-likeness (QED) is 0.684. The van der Waals surface area contributed by atoms with Crippen LogP contribution in [0.5, 0.6) is 0 Å². The summed E-state index contributed by atoms with van der Waals surface area (Å²) in [5, 5.41) is 3.38. The second-order valence-corrected chi connectivity index (χ2v) is 7.32. The van der Waals surface area contributed by atoms with E-state index in [1.165, 1.54) is 0 Å². The lowest BCUT2D eigenvalue weighted by Crippen LogP contribution is -2.57. The van der Waals surface area contributed by atoms with Gasteiger partial charge in [0.15, 0.2) is 5.96 Å². The topological polar surface area (TPSA) is 75.6 Å². The van der Waals surface area contributed by atoms with E-state index in [4.69, 9.17) is 14.2 Å². The van der Waals surface area contributed by atoms with Crippen molar-refractivity contribution >= 4 is 12.1 Å². The number of fused-ring (bicyclic) bond motifs is 1. The van der Waals surface area contributed by atoms with Crippen LogP contribution in [0.1, 0.15) is 27.2 Å². The van der Waals surface area contributed by atoms with E-state index in [2.05, 4.69) is 15.2 Å². The number of carbonyl (C=O) groups is 1. The molecule has 2 aliphatic heterocycles. The Morgan fingerprint density at radius 3 is 2.80 bits per heavy atom. The number of carbonyl (C=O) groups excluding carboxylic acids is 1. The molecule has 1 saturated heterocycles. The predicted octanol–water partition coefficient (Wildman–Crippen LogP) is 0.920. The summed E-state index contributed by atoms with van der Waals surface area (Å²) in [6.07, 6.45) is 0.687. The van der Waals surface area contributed by atoms with E-state index in [1.54, 1.807) is 12.0 Å². The molecule has 2 aliphatic rings. The van der Waals surface area contributed by atoms with Crippen LogP contribution < -0.4 is 5.32 Å². The Bertz CT molecular complexity index is 464. The fraction of sp³-hybridized carbons (Fsp3) is 0.882. The molecule has 0 spiro atoms. The van der Waals surface area contributed by atoms with Gasteiger partial charge >= 0.3 is 6.09 Å². The molecule has 0 aliphatic carbocycles. The predicted molar refractivity (Wildman–Crippen MR) is 95.9 cm³/mol. The summed E-state index contributed by atoms with van der Waals surface area (Å²) in [7, 11) is 1.67. The van der Waals surface area contributed by atoms with Crippen molar-refractivity contribution in [2.24, 2.45) is 4.99 Å². The molecule has 2 rings (SSSR count). The zero-order valence-electron chi connectivity index (χ0n) is 15.9. The molecule has 1 unspecified atom stereocenters. The third kappa shape index (κ3) is 6.36. The van der Waals surface area contributed by atoms with E-state index in [0.717, 1.165) is 25.5 Å². The number of nitrogens with zero attached hydrogens (tertiary/aromatic N) is 3. The molecular weight excluding hydrogens is 324 g/mol. The normalized spacial score (nSPS) is 20.3. The van der Waals surface area contributed by atoms with Gasteiger partial charge < -0.3 is 29.3 Å². The zero-order chi connectivity index (χ0) is 18.3. The molecule has 144 valence electrons. The molecule has 0 radical (unpaired) electrons. The lowest BCUT2D eigenvalue weighted by molar-refractivity contribution is 0.0137. The first-order valence-corrected chi connectivity index (χ1v) is 9.00. The fourth-order valence-electron chi connectivity index (χ4n) is 2.84. The summed E-state index contributed by atoms with van der Waals surface area (Å²) in [5.41, 5.74) is -0.460. The van der Waals surface area contributed by atoms with E-state index < -0.39 is 5.60 Å². The molecule has 2 heterocycles. The summed E-state index contributed by atoms with van der Waals surface area (Å²) >= 11 is 0. The molecule has 0 aromatic heterocycles. The maximum Gasteiger partial charge on any atom is 0.410 e. The summed E-state index contributed by atoms with van der Waals surface area (Å²) in [6, 6.07) is 0.238. The van der Waals surface area contributed by atoms with Gasteiger partial charge in [-0.3, -0.25) is 4.99 Å². The number of hydrogen-bond acceptors (Lipinski definition) is 7. The SMILES string of the molecule is COCCOCCCNC1=NCC2CN(C(=O)OC(C)(C)C)CCN12. The average molecular weight is 356 g/mol. The van der Waals surface area contributed by atoms with E-state index in [-0.39, 0.29) is 12.1 Å². The van der Waals surface area contributed by atoms with Crippen molar-refractivity contribution in [2.45, 2.75) is 38.8 Å². The molecule has 0 aromatic carbocycles. The van der Waals surface area contributed by atoms with Gasteiger partial charge in [0.25, 0.3) is 0 Å². The van der Waals surface area contributed by atoms with Crippen molar-refractivity contribution in [3.8, 4) is 0 Å². The van der Waals surface area contributed by atoms with E-state index in [0.29, 0.717) is 39.5 Å². The van der Waals surface area contributed by atoms with Crippen LogP contribution in [0.3, 0.4) is 0 Å². The Hall–Kier alpha value is -1.54. The summed E-state index contributed by atoms with van der Waals surface area (Å²) in [6.45, 7) is 11.3. The van der Waals surface area contributed by atoms with Gasteiger partial charge in [0.1, 0.15) is 5.60 Å². The van der Waals surface area contributed by atoms with Gasteiger partial charge in [0.05, 0.1) is 25.8 Å². The summed E-state index contributed by atoms with van der Waals surface area (Å²) in [4.78, 5) is 20.8. The van der Waals surface area contributed by atoms with Gasteiger partial charge in [-0.2, -0.15) is 0 Å². The minimum atomic E-state index is -0.460. The summed E-state index contributed by atoms with van der Waals surface area (Å²) < 4.78 is 15.9. The van der Waals surface area contributed by atoms with Crippen LogP contribution in [-0.4, -0.2) is 93.1 Å². The Balaban J connectivity index is 1.67. The molecule has 1 amide bonds. The van der Waals surface area contributed by atoms with Crippen LogP contribution in [0.15, 0.2) is 4.99 Å². The maximum atomic E-state index is 12.2. The minimum Gasteiger partial charge on any atom is -0.444 e. The highest BCUT2D eigenvalue weighted by atomic mass is 16.6. The molecule has 8 heteroatoms. The van der Waals surface area contributed by atoms with Gasteiger partial charge in [-0.05, 0) is 27.2 Å². The van der Waals surface area contributed by atoms with Crippen molar-refractivity contribution in [1.82, 2.24) is 15.1 Å². The number of nitrogens with one attached hydrogen (secondary N) is 1. The fourth-order valence-corrected chi connectivity index (χ4v) is 2.84. The second-order valence-electron chi connectivity index (χ2n) is 7.32. The average Bonchev–Trinajstić information content (AvgIpc) is 2.95. The van der Waals surface area contributed by atoms with E-state index >= 15 is 0 Å². The van der Waals surface area contributed by atoms with Gasteiger partial charge in [-0.25, -0.2) is 4.79 Å². The highest BCUT2D eigenvalue weighted by molar-refractivity contribution is 5.82. The Labute approximate surface area is 150 Å². The molecule has 1 atom stereocenters. The van der Waals surface area contributed by atoms with Gasteiger partial charge in [-0.1, -0.05) is 0 Å². The Kier molecular flexibility index (Phi) is 7.31. The van der Waals surface area contributed by atoms with Crippen LogP contribution >= 0.6 is 0 Å². The largest absolute Gasteiger partial charge is 0.444 e. The standard InChI is InChI=1S/C17H32N4O4/c1-17(2,3)25-16(22)20-7-8-21-14(13-20)12-19-15(21)18-6-5-9-24-11-10-23-4/h14H,5-13H2,1-4H3,(H,18,19). The molecule has 0 aromatic rings. The van der Waals surface area contributed by atoms with Crippen LogP contribution in [-0.2, 0) is 14.2 Å². The van der Waals surface area contributed by atoms with Gasteiger partial charge in [0.2, 0.25) is 0 Å². The maximum absolute atomic E-state index is 12.2. The van der Waals surface area contributed by atoms with E-state index in [9.17, 15) is 4.79 Å². The first-order chi connectivity index (χ1) is 11.9. The van der Waals surface area contributed by atoms with Crippen LogP contribution in [0.4, 0.5) is 4.79 Å². The van der Waals surface area contributed by atoms with Crippen LogP contribution in [0.2, 0.25) is 0 Å². The van der Waals surface area contributed by atoms with Crippen molar-refractivity contribution < 1.29 is 19.0 Å². The molecule has 25 heavy (non-hydrogen) atoms. The van der Waals surface area contributed by atoms with Crippen molar-refractivity contribution in [1.29, 1.82) is 0 Å². The van der Waals surface area contributed by atoms with Gasteiger partial charge in [0, 0.05) is 39.9 Å². The number of ether oxygens (including phenoxy) is 3. The first kappa shape index (κ1) is 19.8. The van der Waals surface area contributed by atoms with Crippen molar-refractivity contribution in [2.75, 3.05) is 59.7 Å². The monoisotopic (exact) mass is 356 g/mol. The number of piperazine rings is 1. The molecule has 8 nitrogen and oxygen atoms in total. The van der Waals surface area contributed by atoms with Gasteiger partial charge in [-0.15, -0.1) is 0 Å². The Morgan fingerprint density at radius 1 is 1.28 bits per heavy atom. The highest BCUT2D eigenvalue weighted by Gasteiger charge is 2.36. The lowest BCUT2D eigenvalue weighted by atomic mass is 10.2. The molecule has 0 saturated carbocycles. The molecular formula is C17H32N4O4. The zero-order valence-corrected chi connectivity index (χ0v) is 15.9. The smallest absolute Gasteiger partial charge is 0.410 e. The number of hydrogen-bond donors (Lipinski definition) is 1. The molecule has 1 fully saturated rings. The van der Waals surface area contributed by atoms with Crippen LogP contribution in [0, 0.1) is 0 Å². The molecule has 0 bridgehead atoms. The molecule has 1 N–H and O–H groups in total. The first-order valence-electron chi connectivity index (χ1n) is 9.00. The van der Waals surface area contributed by atoms with E-state index in [1.807, 2.05) is 20.8 Å². The highest BCUT2D eigenvalue weighted by Crippen LogP contribution is 2.18. The minimum absolute atomic E-state index is 0.234. The number of rotatable bonds is 7. The number of methoxy groups -OCH3 is 1. The van der Waals surface area contributed by atoms with Crippen molar-refractivity contribution in [3.05, 3.63) is 0 Å². The summed E-state index contributed by atoms with van der Waals surface area (Å²) in [5.74, 6) is 0.936. The number of amides is 1. The lowest BCUT2D eigenvalue weighted by Gasteiger charge is -2.39. The van der Waals surface area contributed by atoms with Crippen LogP contribution in [0.25, 0.3) is 0 Å². The second kappa shape index (κ2) is 9.24. The number of aliphatic imine (C=N–C) groups is 1. The third-order valence-electron chi connectivity index (χ3n) is 4.04. The third-order valence-corrected chi connectivity index (χ3v) is 4.04. The number of guanidine groups is 1. The van der Waals surface area contributed by atoms with Crippen molar-refractivity contribution in [3.63, 3.8) is 0 Å². The Morgan fingerprint density at radius 2 is 2.08 bits per heavy atom.